The van der Waals surface area contributed by atoms with E-state index in [1.807, 2.05) is 0 Å². The Morgan fingerprint density at radius 3 is 1.79 bits per heavy atom. The maximum Gasteiger partial charge on any atom is 0.0550 e. The molecule has 1 aromatic carbocycles. The number of nitrogens with two attached hydrogens (primary N) is 1. The molecule has 0 saturated heterocycles. The van der Waals surface area contributed by atoms with Gasteiger partial charge in [0, 0.05) is 16.5 Å². The summed E-state index contributed by atoms with van der Waals surface area (Å²) in [5.41, 5.74) is 6.35. The number of rotatable bonds is 4. The van der Waals surface area contributed by atoms with Gasteiger partial charge in [0.2, 0.25) is 0 Å². The molecule has 1 aromatic rings. The van der Waals surface area contributed by atoms with Crippen LogP contribution < -0.4 is 5.73 Å². The summed E-state index contributed by atoms with van der Waals surface area (Å²) in [6.07, 6.45) is 1.01. The summed E-state index contributed by atoms with van der Waals surface area (Å²) >= 11 is 0. The van der Waals surface area contributed by atoms with Gasteiger partial charge in [0.05, 0.1) is 26.4 Å². The second-order valence-electron chi connectivity index (χ2n) is 5.50. The van der Waals surface area contributed by atoms with E-state index in [1.165, 1.54) is 0 Å². The molecule has 0 unspecified atom stereocenters. The highest BCUT2D eigenvalue weighted by molar-refractivity contribution is 5.52. The van der Waals surface area contributed by atoms with Crippen LogP contribution in [0.1, 0.15) is 24.0 Å². The Hall–Kier alpha value is -1.14. The average molecular weight is 267 g/mol. The first-order valence-corrected chi connectivity index (χ1v) is 6.41. The zero-order chi connectivity index (χ0) is 14.1. The summed E-state index contributed by atoms with van der Waals surface area (Å²) in [5, 5.41) is 38.7. The Balaban J connectivity index is 2.65. The summed E-state index contributed by atoms with van der Waals surface area (Å²) in [5.74, 6) is 0. The van der Waals surface area contributed by atoms with E-state index in [0.29, 0.717) is 18.5 Å². The van der Waals surface area contributed by atoms with Crippen LogP contribution in [0.4, 0.5) is 5.69 Å². The first-order chi connectivity index (χ1) is 9.07. The molecular weight excluding hydrogens is 246 g/mol. The van der Waals surface area contributed by atoms with E-state index in [4.69, 9.17) is 5.73 Å². The van der Waals surface area contributed by atoms with Gasteiger partial charge in [0.1, 0.15) is 0 Å². The Labute approximate surface area is 112 Å². The number of nitrogen functional groups attached to an aromatic ring is 1. The maximum atomic E-state index is 9.67. The molecule has 5 heteroatoms. The zero-order valence-electron chi connectivity index (χ0n) is 10.8. The van der Waals surface area contributed by atoms with Crippen molar-refractivity contribution in [3.8, 4) is 0 Å². The number of aliphatic hydroxyl groups is 4. The van der Waals surface area contributed by atoms with E-state index >= 15 is 0 Å². The monoisotopic (exact) mass is 267 g/mol. The van der Waals surface area contributed by atoms with Crippen molar-refractivity contribution < 1.29 is 20.4 Å². The van der Waals surface area contributed by atoms with Gasteiger partial charge in [-0.2, -0.15) is 0 Å². The van der Waals surface area contributed by atoms with Gasteiger partial charge >= 0.3 is 0 Å². The topological polar surface area (TPSA) is 107 Å². The molecule has 0 saturated carbocycles. The second-order valence-corrected chi connectivity index (χ2v) is 5.50. The first kappa shape index (κ1) is 14.3. The van der Waals surface area contributed by atoms with Crippen molar-refractivity contribution in [2.75, 3.05) is 32.2 Å². The number of aliphatic hydroxyl groups excluding tert-OH is 4. The van der Waals surface area contributed by atoms with Crippen molar-refractivity contribution in [2.24, 2.45) is 0 Å². The summed E-state index contributed by atoms with van der Waals surface area (Å²) in [6.45, 7) is -0.722. The minimum Gasteiger partial charge on any atom is -0.399 e. The fourth-order valence-corrected chi connectivity index (χ4v) is 2.97. The van der Waals surface area contributed by atoms with Gasteiger partial charge in [0.25, 0.3) is 0 Å². The lowest BCUT2D eigenvalue weighted by Crippen LogP contribution is -2.48. The molecule has 0 atom stereocenters. The van der Waals surface area contributed by atoms with Gasteiger partial charge in [-0.1, -0.05) is 6.07 Å². The largest absolute Gasteiger partial charge is 0.399 e. The van der Waals surface area contributed by atoms with Crippen LogP contribution in [0.15, 0.2) is 18.2 Å². The van der Waals surface area contributed by atoms with Crippen LogP contribution in [0.2, 0.25) is 0 Å². The molecule has 2 rings (SSSR count). The van der Waals surface area contributed by atoms with Crippen LogP contribution in [-0.2, 0) is 10.8 Å². The average Bonchev–Trinajstić information content (AvgIpc) is 2.46. The van der Waals surface area contributed by atoms with Gasteiger partial charge in [-0.05, 0) is 36.1 Å². The minimum absolute atomic E-state index is 0.173. The van der Waals surface area contributed by atoms with Gasteiger partial charge in [-0.15, -0.1) is 0 Å². The second kappa shape index (κ2) is 5.09. The number of hydrogen-bond donors (Lipinski definition) is 5. The van der Waals surface area contributed by atoms with Gasteiger partial charge in [-0.25, -0.2) is 0 Å². The molecule has 0 aliphatic heterocycles. The lowest BCUT2D eigenvalue weighted by atomic mass is 9.61. The van der Waals surface area contributed by atoms with Crippen molar-refractivity contribution in [3.05, 3.63) is 29.3 Å². The zero-order valence-corrected chi connectivity index (χ0v) is 10.8. The van der Waals surface area contributed by atoms with Crippen LogP contribution in [-0.4, -0.2) is 46.9 Å². The van der Waals surface area contributed by atoms with Crippen LogP contribution in [0.25, 0.3) is 0 Å². The van der Waals surface area contributed by atoms with Crippen LogP contribution in [0.5, 0.6) is 0 Å². The molecule has 106 valence electrons. The fourth-order valence-electron chi connectivity index (χ4n) is 2.97. The fraction of sp³-hybridized carbons (Fsp3) is 0.571. The highest BCUT2D eigenvalue weighted by atomic mass is 16.3. The van der Waals surface area contributed by atoms with E-state index < -0.39 is 10.8 Å². The van der Waals surface area contributed by atoms with Gasteiger partial charge < -0.3 is 26.2 Å². The van der Waals surface area contributed by atoms with Crippen molar-refractivity contribution >= 4 is 5.69 Å². The molecule has 0 aromatic heterocycles. The smallest absolute Gasteiger partial charge is 0.0550 e. The lowest BCUT2D eigenvalue weighted by molar-refractivity contribution is 0.0526. The number of benzene rings is 1. The molecule has 0 fully saturated rings. The number of hydrogen-bond acceptors (Lipinski definition) is 5. The molecular formula is C14H21NO4. The van der Waals surface area contributed by atoms with E-state index in [9.17, 15) is 20.4 Å². The van der Waals surface area contributed by atoms with Gasteiger partial charge in [0.15, 0.2) is 0 Å². The SMILES string of the molecule is Nc1ccc2c(c1)C(CO)(CO)CCC2(CO)CO. The highest BCUT2D eigenvalue weighted by Gasteiger charge is 2.46. The third-order valence-corrected chi connectivity index (χ3v) is 4.48. The molecule has 1 aliphatic rings. The van der Waals surface area contributed by atoms with Crippen LogP contribution >= 0.6 is 0 Å². The van der Waals surface area contributed by atoms with Crippen molar-refractivity contribution in [1.29, 1.82) is 0 Å². The van der Waals surface area contributed by atoms with Crippen LogP contribution in [0, 0.1) is 0 Å². The normalized spacial score (nSPS) is 20.0. The third kappa shape index (κ3) is 2.03. The Kier molecular flexibility index (Phi) is 3.82. The predicted octanol–water partition coefficient (Wildman–Crippen LogP) is -0.493. The molecule has 1 aliphatic carbocycles. The summed E-state index contributed by atoms with van der Waals surface area (Å²) in [7, 11) is 0. The summed E-state index contributed by atoms with van der Waals surface area (Å²) in [4.78, 5) is 0. The van der Waals surface area contributed by atoms with Crippen molar-refractivity contribution in [3.63, 3.8) is 0 Å². The number of anilines is 1. The predicted molar refractivity (Wildman–Crippen MR) is 71.8 cm³/mol. The molecule has 0 heterocycles. The maximum absolute atomic E-state index is 9.67. The third-order valence-electron chi connectivity index (χ3n) is 4.48. The Morgan fingerprint density at radius 2 is 1.32 bits per heavy atom. The molecule has 0 spiro atoms. The van der Waals surface area contributed by atoms with Crippen molar-refractivity contribution in [2.45, 2.75) is 23.7 Å². The molecule has 0 amide bonds. The molecule has 5 nitrogen and oxygen atoms in total. The minimum atomic E-state index is -0.751. The van der Waals surface area contributed by atoms with Crippen LogP contribution in [0.3, 0.4) is 0 Å². The summed E-state index contributed by atoms with van der Waals surface area (Å²) < 4.78 is 0. The summed E-state index contributed by atoms with van der Waals surface area (Å²) in [6, 6.07) is 5.21. The Bertz CT molecular complexity index is 453. The highest BCUT2D eigenvalue weighted by Crippen LogP contribution is 2.46. The molecule has 0 radical (unpaired) electrons. The van der Waals surface area contributed by atoms with E-state index in [2.05, 4.69) is 0 Å². The Morgan fingerprint density at radius 1 is 0.842 bits per heavy atom. The van der Waals surface area contributed by atoms with Gasteiger partial charge in [-0.3, -0.25) is 0 Å². The number of fused-ring (bicyclic) bond motifs is 1. The molecule has 19 heavy (non-hydrogen) atoms. The van der Waals surface area contributed by atoms with Crippen molar-refractivity contribution in [1.82, 2.24) is 0 Å². The van der Waals surface area contributed by atoms with E-state index in [1.54, 1.807) is 18.2 Å². The first-order valence-electron chi connectivity index (χ1n) is 6.41. The lowest BCUT2D eigenvalue weighted by Gasteiger charge is -2.45. The van der Waals surface area contributed by atoms with E-state index in [0.717, 1.165) is 11.1 Å². The van der Waals surface area contributed by atoms with E-state index in [-0.39, 0.29) is 26.4 Å². The molecule has 6 N–H and O–H groups in total. The molecule has 0 bridgehead atoms. The standard InChI is InChI=1S/C14H21NO4/c15-10-1-2-11-12(5-10)14(8-18,9-19)4-3-13(11,6-16)7-17/h1-2,5,16-19H,3-4,6-9,15H2. The quantitative estimate of drug-likeness (QED) is 0.473.